The van der Waals surface area contributed by atoms with Crippen LogP contribution in [0.3, 0.4) is 0 Å². The molecular weight excluding hydrogens is 288 g/mol. The van der Waals surface area contributed by atoms with Gasteiger partial charge in [-0.25, -0.2) is 4.98 Å². The summed E-state index contributed by atoms with van der Waals surface area (Å²) in [7, 11) is 15.0. The van der Waals surface area contributed by atoms with E-state index in [0.717, 1.165) is 11.2 Å². The molecular formula is C5H5Cl3N4Zn. The quantitative estimate of drug-likeness (QED) is 0.753. The summed E-state index contributed by atoms with van der Waals surface area (Å²) in [5.41, 5.74) is 1.67. The second kappa shape index (κ2) is 5.71. The molecule has 0 saturated carbocycles. The SMILES string of the molecule is [Cl][Zn-]([Cl])[Cl].c1nc2nc[nH+]cc2[nH]1. The van der Waals surface area contributed by atoms with E-state index in [1.54, 1.807) is 12.7 Å². The number of aromatic nitrogens is 4. The molecule has 13 heavy (non-hydrogen) atoms. The summed E-state index contributed by atoms with van der Waals surface area (Å²) in [5, 5.41) is 0. The Balaban J connectivity index is 0.000000184. The van der Waals surface area contributed by atoms with Crippen LogP contribution in [0.1, 0.15) is 0 Å². The Morgan fingerprint density at radius 3 is 2.62 bits per heavy atom. The van der Waals surface area contributed by atoms with Gasteiger partial charge in [-0.1, -0.05) is 0 Å². The number of nitrogens with one attached hydrogen (secondary N) is 2. The van der Waals surface area contributed by atoms with E-state index in [0.29, 0.717) is 0 Å². The van der Waals surface area contributed by atoms with E-state index in [9.17, 15) is 0 Å². The van der Waals surface area contributed by atoms with Crippen LogP contribution < -0.4 is 4.98 Å². The number of fused-ring (bicyclic) bond motifs is 1. The Kier molecular flexibility index (Phi) is 4.88. The van der Waals surface area contributed by atoms with E-state index >= 15 is 0 Å². The number of hydrogen-bond donors (Lipinski definition) is 1. The summed E-state index contributed by atoms with van der Waals surface area (Å²) >= 11 is -2.21. The minimum Gasteiger partial charge on any atom is -0.338 e. The fraction of sp³-hybridized carbons (Fsp3) is 0. The maximum Gasteiger partial charge on any atom is 0.294 e. The molecule has 2 aromatic rings. The Morgan fingerprint density at radius 1 is 1.31 bits per heavy atom. The van der Waals surface area contributed by atoms with E-state index in [1.807, 2.05) is 6.20 Å². The number of halogens is 3. The Bertz CT molecular complexity index is 332. The van der Waals surface area contributed by atoms with Gasteiger partial charge < -0.3 is 4.98 Å². The van der Waals surface area contributed by atoms with Crippen molar-refractivity contribution in [3.05, 3.63) is 18.9 Å². The second-order valence-electron chi connectivity index (χ2n) is 2.01. The van der Waals surface area contributed by atoms with Crippen molar-refractivity contribution in [2.75, 3.05) is 0 Å². The smallest absolute Gasteiger partial charge is 0.294 e. The fourth-order valence-electron chi connectivity index (χ4n) is 0.725. The number of nitrogens with zero attached hydrogens (tertiary/aromatic N) is 2. The van der Waals surface area contributed by atoms with Crippen LogP contribution in [-0.4, -0.2) is 15.0 Å². The van der Waals surface area contributed by atoms with Gasteiger partial charge in [-0.05, 0) is 4.98 Å². The molecule has 2 N–H and O–H groups in total. The number of hydrogen-bond acceptors (Lipinski definition) is 2. The Hall–Kier alpha value is 0.0434. The predicted molar refractivity (Wildman–Crippen MR) is 48.0 cm³/mol. The molecule has 2 rings (SSSR count). The summed E-state index contributed by atoms with van der Waals surface area (Å²) in [6.45, 7) is 0. The summed E-state index contributed by atoms with van der Waals surface area (Å²) in [4.78, 5) is 13.6. The van der Waals surface area contributed by atoms with Gasteiger partial charge in [0.05, 0.1) is 6.33 Å². The number of rotatable bonds is 0. The first kappa shape index (κ1) is 11.1. The van der Waals surface area contributed by atoms with E-state index in [-0.39, 0.29) is 0 Å². The van der Waals surface area contributed by atoms with Crippen LogP contribution in [-0.2, 0) is 13.0 Å². The van der Waals surface area contributed by atoms with Crippen molar-refractivity contribution in [1.29, 1.82) is 0 Å². The average Bonchev–Trinajstić information content (AvgIpc) is 2.49. The van der Waals surface area contributed by atoms with E-state index in [1.165, 1.54) is 0 Å². The van der Waals surface area contributed by atoms with Crippen molar-refractivity contribution in [3.63, 3.8) is 0 Å². The van der Waals surface area contributed by atoms with Gasteiger partial charge in [-0.3, -0.25) is 0 Å². The molecule has 68 valence electrons. The molecule has 0 fully saturated rings. The fourth-order valence-corrected chi connectivity index (χ4v) is 0.725. The molecule has 0 unspecified atom stereocenters. The topological polar surface area (TPSA) is 55.7 Å². The minimum atomic E-state index is -2.21. The van der Waals surface area contributed by atoms with Crippen LogP contribution in [0.25, 0.3) is 11.2 Å². The second-order valence-corrected chi connectivity index (χ2v) is 15.9. The molecule has 2 heterocycles. The van der Waals surface area contributed by atoms with E-state index in [4.69, 9.17) is 29.1 Å². The average molecular weight is 293 g/mol. The summed E-state index contributed by atoms with van der Waals surface area (Å²) in [6, 6.07) is 0. The zero-order valence-corrected chi connectivity index (χ0v) is 11.7. The molecule has 0 aliphatic rings. The van der Waals surface area contributed by atoms with Crippen LogP contribution in [0.5, 0.6) is 0 Å². The summed E-state index contributed by atoms with van der Waals surface area (Å²) < 4.78 is 0. The third-order valence-corrected chi connectivity index (χ3v) is 1.14. The first-order valence-electron chi connectivity index (χ1n) is 3.42. The third-order valence-electron chi connectivity index (χ3n) is 1.14. The van der Waals surface area contributed by atoms with Gasteiger partial charge in [-0.2, -0.15) is 4.98 Å². The number of aromatic amines is 2. The predicted octanol–water partition coefficient (Wildman–Crippen LogP) is 1.84. The third kappa shape index (κ3) is 4.18. The van der Waals surface area contributed by atoms with Crippen molar-refractivity contribution in [1.82, 2.24) is 15.0 Å². The first-order chi connectivity index (χ1) is 6.20. The first-order valence-corrected chi connectivity index (χ1v) is 15.1. The molecule has 0 bridgehead atoms. The summed E-state index contributed by atoms with van der Waals surface area (Å²) in [5.74, 6) is 0. The number of H-pyrrole nitrogens is 2. The molecule has 0 spiro atoms. The van der Waals surface area contributed by atoms with Crippen molar-refractivity contribution in [2.45, 2.75) is 0 Å². The van der Waals surface area contributed by atoms with Crippen molar-refractivity contribution >= 4 is 40.2 Å². The Morgan fingerprint density at radius 2 is 2.00 bits per heavy atom. The zero-order chi connectivity index (χ0) is 9.68. The maximum absolute atomic E-state index is 5.01. The molecule has 0 aliphatic carbocycles. The van der Waals surface area contributed by atoms with Gasteiger partial charge in [0.25, 0.3) is 12.0 Å². The van der Waals surface area contributed by atoms with E-state index < -0.39 is 13.0 Å². The van der Waals surface area contributed by atoms with Crippen LogP contribution in [0.4, 0.5) is 0 Å². The van der Waals surface area contributed by atoms with Gasteiger partial charge in [0.15, 0.2) is 5.52 Å². The maximum atomic E-state index is 5.01. The zero-order valence-electron chi connectivity index (χ0n) is 6.47. The molecule has 4 nitrogen and oxygen atoms in total. The van der Waals surface area contributed by atoms with E-state index in [2.05, 4.69) is 19.9 Å². The van der Waals surface area contributed by atoms with Gasteiger partial charge in [0, 0.05) is 0 Å². The van der Waals surface area contributed by atoms with Gasteiger partial charge in [0.2, 0.25) is 0 Å². The molecule has 0 saturated heterocycles. The molecule has 8 heteroatoms. The van der Waals surface area contributed by atoms with Crippen LogP contribution in [0.2, 0.25) is 0 Å². The van der Waals surface area contributed by atoms with Crippen molar-refractivity contribution < 1.29 is 18.0 Å². The minimum absolute atomic E-state index is 0.744. The number of imidazole rings is 1. The molecule has 0 amide bonds. The molecule has 2 aromatic heterocycles. The van der Waals surface area contributed by atoms with Crippen molar-refractivity contribution in [3.8, 4) is 0 Å². The van der Waals surface area contributed by atoms with Gasteiger partial charge >= 0.3 is 42.1 Å². The molecule has 0 aromatic carbocycles. The standard InChI is InChI=1S/C5H4N4.3ClH.Zn/c1-4-5(8-2-6-1)9-3-7-4;;;;/h1-3H,(H,6,7,8,9);3*1H;/q;;;;+2/p-2. The summed E-state index contributed by atoms with van der Waals surface area (Å²) in [6.07, 6.45) is 5.03. The van der Waals surface area contributed by atoms with Gasteiger partial charge in [-0.15, -0.1) is 0 Å². The molecule has 0 atom stereocenters. The van der Waals surface area contributed by atoms with Crippen LogP contribution >= 0.6 is 29.1 Å². The largest absolute Gasteiger partial charge is 0.338 e. The molecule has 0 aliphatic heterocycles. The van der Waals surface area contributed by atoms with Crippen LogP contribution in [0, 0.1) is 0 Å². The molecule has 0 radical (unpaired) electrons. The van der Waals surface area contributed by atoms with Gasteiger partial charge in [0.1, 0.15) is 6.20 Å². The normalized spacial score (nSPS) is 9.15. The Labute approximate surface area is 91.7 Å². The van der Waals surface area contributed by atoms with Crippen molar-refractivity contribution in [2.24, 2.45) is 0 Å². The van der Waals surface area contributed by atoms with Crippen LogP contribution in [0.15, 0.2) is 18.9 Å². The monoisotopic (exact) mass is 290 g/mol.